The Bertz CT molecular complexity index is 198. The summed E-state index contributed by atoms with van der Waals surface area (Å²) in [4.78, 5) is 9.82. The van der Waals surface area contributed by atoms with Crippen molar-refractivity contribution in [1.29, 1.82) is 0 Å². The van der Waals surface area contributed by atoms with E-state index in [1.54, 1.807) is 12.8 Å². The molecule has 5 heteroatoms. The number of esters is 1. The second-order valence-corrected chi connectivity index (χ2v) is 1.80. The van der Waals surface area contributed by atoms with Gasteiger partial charge < -0.3 is 4.74 Å². The summed E-state index contributed by atoms with van der Waals surface area (Å²) in [7, 11) is 0. The van der Waals surface area contributed by atoms with Crippen molar-refractivity contribution in [3.63, 3.8) is 0 Å². The molecule has 0 saturated heterocycles. The van der Waals surface area contributed by atoms with E-state index in [1.165, 1.54) is 6.92 Å². The lowest BCUT2D eigenvalue weighted by atomic mass is 10.6. The van der Waals surface area contributed by atoms with E-state index >= 15 is 0 Å². The number of carbonyl (C=O) groups is 1. The third kappa shape index (κ3) is 24.8. The van der Waals surface area contributed by atoms with Gasteiger partial charge in [-0.05, 0) is 13.8 Å². The van der Waals surface area contributed by atoms with E-state index in [4.69, 9.17) is 0 Å². The molecule has 0 saturated carbocycles. The third-order valence-corrected chi connectivity index (χ3v) is 0.614. The van der Waals surface area contributed by atoms with Crippen molar-refractivity contribution in [2.45, 2.75) is 26.9 Å². The SMILES string of the molecule is CC#CC(F)(F)F.CCOC(C)=O. The molecule has 0 N–H and O–H groups in total. The Morgan fingerprint density at radius 3 is 1.92 bits per heavy atom. The molecule has 0 heterocycles. The fourth-order valence-electron chi connectivity index (χ4n) is 0.345. The summed E-state index contributed by atoms with van der Waals surface area (Å²) in [6, 6.07) is 0. The van der Waals surface area contributed by atoms with Gasteiger partial charge in [-0.3, -0.25) is 4.79 Å². The van der Waals surface area contributed by atoms with Crippen molar-refractivity contribution in [1.82, 2.24) is 0 Å². The third-order valence-electron chi connectivity index (χ3n) is 0.614. The average molecular weight is 196 g/mol. The van der Waals surface area contributed by atoms with Gasteiger partial charge in [0.1, 0.15) is 0 Å². The topological polar surface area (TPSA) is 26.3 Å². The molecule has 0 aromatic heterocycles. The maximum absolute atomic E-state index is 10.9. The van der Waals surface area contributed by atoms with Gasteiger partial charge in [0.2, 0.25) is 0 Å². The molecular formula is C8H11F3O2. The zero-order valence-electron chi connectivity index (χ0n) is 7.66. The van der Waals surface area contributed by atoms with Gasteiger partial charge in [-0.25, -0.2) is 0 Å². The lowest BCUT2D eigenvalue weighted by Gasteiger charge is -1.89. The predicted octanol–water partition coefficient (Wildman–Crippen LogP) is 2.14. The van der Waals surface area contributed by atoms with E-state index in [2.05, 4.69) is 4.74 Å². The van der Waals surface area contributed by atoms with Crippen molar-refractivity contribution < 1.29 is 22.7 Å². The molecule has 0 atom stereocenters. The molecule has 0 spiro atoms. The van der Waals surface area contributed by atoms with Gasteiger partial charge in [0, 0.05) is 12.8 Å². The minimum atomic E-state index is -4.31. The summed E-state index contributed by atoms with van der Waals surface area (Å²) in [5.41, 5.74) is 0. The summed E-state index contributed by atoms with van der Waals surface area (Å²) in [5, 5.41) is 0. The molecule has 0 aromatic rings. The van der Waals surface area contributed by atoms with Gasteiger partial charge in [0.25, 0.3) is 0 Å². The molecule has 13 heavy (non-hydrogen) atoms. The van der Waals surface area contributed by atoms with Crippen LogP contribution in [-0.2, 0) is 9.53 Å². The summed E-state index contributed by atoms with van der Waals surface area (Å²) < 4.78 is 37.0. The molecular weight excluding hydrogens is 185 g/mol. The van der Waals surface area contributed by atoms with E-state index in [0.29, 0.717) is 6.61 Å². The number of rotatable bonds is 1. The summed E-state index contributed by atoms with van der Waals surface area (Å²) in [6.45, 7) is 4.80. The van der Waals surface area contributed by atoms with Gasteiger partial charge in [0.05, 0.1) is 6.61 Å². The lowest BCUT2D eigenvalue weighted by molar-refractivity contribution is -0.140. The zero-order valence-corrected chi connectivity index (χ0v) is 7.66. The van der Waals surface area contributed by atoms with E-state index in [9.17, 15) is 18.0 Å². The van der Waals surface area contributed by atoms with E-state index in [1.807, 2.05) is 0 Å². The number of hydrogen-bond donors (Lipinski definition) is 0. The van der Waals surface area contributed by atoms with Gasteiger partial charge in [-0.1, -0.05) is 5.92 Å². The summed E-state index contributed by atoms with van der Waals surface area (Å²) >= 11 is 0. The molecule has 2 nitrogen and oxygen atoms in total. The first-order chi connectivity index (χ1) is 5.83. The van der Waals surface area contributed by atoms with Crippen LogP contribution in [0.4, 0.5) is 13.2 Å². The predicted molar refractivity (Wildman–Crippen MR) is 41.8 cm³/mol. The van der Waals surface area contributed by atoms with Crippen molar-refractivity contribution in [2.75, 3.05) is 6.61 Å². The molecule has 0 aromatic carbocycles. The van der Waals surface area contributed by atoms with Gasteiger partial charge in [-0.15, -0.1) is 0 Å². The summed E-state index contributed by atoms with van der Waals surface area (Å²) in [5.74, 6) is 2.56. The number of halogens is 3. The highest BCUT2D eigenvalue weighted by molar-refractivity contribution is 5.65. The van der Waals surface area contributed by atoms with Crippen LogP contribution in [0.3, 0.4) is 0 Å². The van der Waals surface area contributed by atoms with Crippen molar-refractivity contribution in [2.24, 2.45) is 0 Å². The maximum atomic E-state index is 10.9. The smallest absolute Gasteiger partial charge is 0.457 e. The number of alkyl halides is 3. The van der Waals surface area contributed by atoms with Crippen LogP contribution in [0.2, 0.25) is 0 Å². The number of hydrogen-bond acceptors (Lipinski definition) is 2. The van der Waals surface area contributed by atoms with Gasteiger partial charge in [-0.2, -0.15) is 13.2 Å². The van der Waals surface area contributed by atoms with Crippen LogP contribution in [0, 0.1) is 11.8 Å². The monoisotopic (exact) mass is 196 g/mol. The standard InChI is InChI=1S/C4H3F3.C4H8O2/c1-2-3-4(5,6)7;1-3-6-4(2)5/h1H3;3H2,1-2H3. The molecule has 0 rings (SSSR count). The van der Waals surface area contributed by atoms with Crippen LogP contribution >= 0.6 is 0 Å². The number of ether oxygens (including phenoxy) is 1. The molecule has 0 bridgehead atoms. The second-order valence-electron chi connectivity index (χ2n) is 1.80. The molecule has 0 amide bonds. The minimum Gasteiger partial charge on any atom is -0.466 e. The Morgan fingerprint density at radius 2 is 1.92 bits per heavy atom. The van der Waals surface area contributed by atoms with Crippen LogP contribution in [0.25, 0.3) is 0 Å². The quantitative estimate of drug-likeness (QED) is 0.474. The Kier molecular flexibility index (Phi) is 8.24. The highest BCUT2D eigenvalue weighted by Gasteiger charge is 2.22. The maximum Gasteiger partial charge on any atom is 0.457 e. The van der Waals surface area contributed by atoms with Crippen molar-refractivity contribution in [3.05, 3.63) is 0 Å². The largest absolute Gasteiger partial charge is 0.466 e. The van der Waals surface area contributed by atoms with Gasteiger partial charge >= 0.3 is 12.1 Å². The first-order valence-corrected chi connectivity index (χ1v) is 3.47. The Hall–Kier alpha value is -1.18. The van der Waals surface area contributed by atoms with E-state index < -0.39 is 6.18 Å². The van der Waals surface area contributed by atoms with Gasteiger partial charge in [0.15, 0.2) is 0 Å². The van der Waals surface area contributed by atoms with Crippen LogP contribution in [0.1, 0.15) is 20.8 Å². The van der Waals surface area contributed by atoms with Crippen molar-refractivity contribution >= 4 is 5.97 Å². The van der Waals surface area contributed by atoms with Crippen LogP contribution in [0.5, 0.6) is 0 Å². The fraction of sp³-hybridized carbons (Fsp3) is 0.625. The first-order valence-electron chi connectivity index (χ1n) is 3.47. The summed E-state index contributed by atoms with van der Waals surface area (Å²) in [6.07, 6.45) is -4.31. The lowest BCUT2D eigenvalue weighted by Crippen LogP contribution is -2.00. The fourth-order valence-corrected chi connectivity index (χ4v) is 0.345. The Balaban J connectivity index is 0. The number of carbonyl (C=O) groups excluding carboxylic acids is 1. The molecule has 0 unspecified atom stereocenters. The Morgan fingerprint density at radius 1 is 1.46 bits per heavy atom. The molecule has 0 aliphatic heterocycles. The average Bonchev–Trinajstić information content (AvgIpc) is 1.84. The highest BCUT2D eigenvalue weighted by Crippen LogP contribution is 2.11. The molecule has 0 aliphatic rings. The van der Waals surface area contributed by atoms with E-state index in [0.717, 1.165) is 12.8 Å². The van der Waals surface area contributed by atoms with Crippen LogP contribution < -0.4 is 0 Å². The van der Waals surface area contributed by atoms with Crippen LogP contribution in [-0.4, -0.2) is 18.8 Å². The van der Waals surface area contributed by atoms with Crippen LogP contribution in [0.15, 0.2) is 0 Å². The molecule has 0 fully saturated rings. The molecule has 0 aliphatic carbocycles. The van der Waals surface area contributed by atoms with Crippen molar-refractivity contribution in [3.8, 4) is 11.8 Å². The molecule has 76 valence electrons. The second kappa shape index (κ2) is 7.47. The van der Waals surface area contributed by atoms with E-state index in [-0.39, 0.29) is 5.97 Å². The zero-order chi connectivity index (χ0) is 10.9. The highest BCUT2D eigenvalue weighted by atomic mass is 19.4. The normalized spacial score (nSPS) is 8.77. The molecule has 0 radical (unpaired) electrons. The Labute approximate surface area is 75.1 Å². The first kappa shape index (κ1) is 14.3. The minimum absolute atomic E-state index is 0.211.